The first-order valence-corrected chi connectivity index (χ1v) is 12.2. The minimum Gasteiger partial charge on any atom is -0.348 e. The van der Waals surface area contributed by atoms with Crippen molar-refractivity contribution in [3.8, 4) is 16.5 Å². The molecule has 1 N–H and O–H groups in total. The molecule has 1 unspecified atom stereocenters. The van der Waals surface area contributed by atoms with Crippen LogP contribution in [-0.2, 0) is 0 Å². The van der Waals surface area contributed by atoms with Gasteiger partial charge in [-0.1, -0.05) is 22.7 Å². The summed E-state index contributed by atoms with van der Waals surface area (Å²) in [5.74, 6) is 0.687. The number of aromatic nitrogens is 6. The Bertz CT molecular complexity index is 1180. The highest BCUT2D eigenvalue weighted by atomic mass is 32.1. The molecule has 6 heterocycles. The third kappa shape index (κ3) is 3.33. The fourth-order valence-electron chi connectivity index (χ4n) is 5.10. The third-order valence-corrected chi connectivity index (χ3v) is 8.76. The number of fused-ring (bicyclic) bond motifs is 3. The predicted octanol–water partition coefficient (Wildman–Crippen LogP) is 3.89. The summed E-state index contributed by atoms with van der Waals surface area (Å²) in [4.78, 5) is 23.0. The number of piperidine rings is 1. The van der Waals surface area contributed by atoms with Crippen molar-refractivity contribution in [3.63, 3.8) is 0 Å². The molecule has 2 aliphatic heterocycles. The van der Waals surface area contributed by atoms with Crippen molar-refractivity contribution in [2.75, 3.05) is 11.9 Å². The van der Waals surface area contributed by atoms with Crippen molar-refractivity contribution in [2.45, 2.75) is 56.7 Å². The molecule has 10 heteroatoms. The summed E-state index contributed by atoms with van der Waals surface area (Å²) in [7, 11) is 2.19. The van der Waals surface area contributed by atoms with E-state index < -0.39 is 0 Å². The Morgan fingerprint density at radius 1 is 1.06 bits per heavy atom. The predicted molar refractivity (Wildman–Crippen MR) is 124 cm³/mol. The van der Waals surface area contributed by atoms with E-state index in [4.69, 9.17) is 9.97 Å². The van der Waals surface area contributed by atoms with E-state index in [9.17, 15) is 0 Å². The van der Waals surface area contributed by atoms with E-state index >= 15 is 0 Å². The number of anilines is 1. The highest BCUT2D eigenvalue weighted by molar-refractivity contribution is 7.29. The number of hydrogen-bond donors (Lipinski definition) is 1. The average Bonchev–Trinajstić information content (AvgIpc) is 3.50. The largest absolute Gasteiger partial charge is 0.348 e. The van der Waals surface area contributed by atoms with E-state index in [0.29, 0.717) is 11.9 Å². The van der Waals surface area contributed by atoms with Crippen LogP contribution < -0.4 is 10.2 Å². The van der Waals surface area contributed by atoms with Crippen LogP contribution in [0, 0.1) is 0 Å². The van der Waals surface area contributed by atoms with Gasteiger partial charge < -0.3 is 10.2 Å². The van der Waals surface area contributed by atoms with Crippen LogP contribution >= 0.6 is 22.7 Å². The topological polar surface area (TPSA) is 84.7 Å². The monoisotopic (exact) mass is 452 g/mol. The van der Waals surface area contributed by atoms with Crippen LogP contribution in [0.15, 0.2) is 30.9 Å². The molecule has 2 saturated heterocycles. The van der Waals surface area contributed by atoms with Crippen molar-refractivity contribution >= 4 is 37.5 Å². The van der Waals surface area contributed by atoms with Gasteiger partial charge in [-0.3, -0.25) is 0 Å². The summed E-state index contributed by atoms with van der Waals surface area (Å²) >= 11 is 3.24. The lowest BCUT2D eigenvalue weighted by Gasteiger charge is -2.45. The Balaban J connectivity index is 1.23. The minimum absolute atomic E-state index is 0.243. The first kappa shape index (κ1) is 19.3. The van der Waals surface area contributed by atoms with Gasteiger partial charge in [0.15, 0.2) is 20.6 Å². The van der Waals surface area contributed by atoms with Crippen LogP contribution in [0.25, 0.3) is 26.2 Å². The van der Waals surface area contributed by atoms with Gasteiger partial charge in [-0.25, -0.2) is 24.6 Å². The molecule has 6 rings (SSSR count). The second-order valence-corrected chi connectivity index (χ2v) is 11.2. The molecule has 4 aromatic heterocycles. The number of nitrogens with one attached hydrogen (secondary N) is 1. The fourth-order valence-corrected chi connectivity index (χ4v) is 7.13. The van der Waals surface area contributed by atoms with Gasteiger partial charge in [0.2, 0.25) is 0 Å². The minimum atomic E-state index is 0.243. The molecule has 2 bridgehead atoms. The van der Waals surface area contributed by atoms with Gasteiger partial charge in [0.1, 0.15) is 10.7 Å². The third-order valence-electron chi connectivity index (χ3n) is 6.61. The molecule has 2 aliphatic rings. The van der Waals surface area contributed by atoms with Gasteiger partial charge in [0, 0.05) is 36.6 Å². The normalized spacial score (nSPS) is 27.8. The van der Waals surface area contributed by atoms with E-state index in [1.807, 2.05) is 12.3 Å². The molecule has 0 spiro atoms. The second kappa shape index (κ2) is 6.78. The maximum atomic E-state index is 4.93. The van der Waals surface area contributed by atoms with E-state index in [2.05, 4.69) is 46.2 Å². The molecular weight excluding hydrogens is 428 g/mol. The number of nitrogens with zero attached hydrogens (tertiary/aromatic N) is 7. The molecule has 0 radical (unpaired) electrons. The number of hydrogen-bond acceptors (Lipinski definition) is 9. The van der Waals surface area contributed by atoms with Crippen LogP contribution in [-0.4, -0.2) is 53.9 Å². The van der Waals surface area contributed by atoms with E-state index in [1.54, 1.807) is 45.9 Å². The molecule has 31 heavy (non-hydrogen) atoms. The lowest BCUT2D eigenvalue weighted by molar-refractivity contribution is 0.208. The maximum Gasteiger partial charge on any atom is 0.188 e. The van der Waals surface area contributed by atoms with Gasteiger partial charge in [-0.05, 0) is 45.6 Å². The molecule has 0 amide bonds. The van der Waals surface area contributed by atoms with Crippen LogP contribution in [0.3, 0.4) is 0 Å². The highest BCUT2D eigenvalue weighted by Crippen LogP contribution is 2.45. The van der Waals surface area contributed by atoms with Crippen molar-refractivity contribution in [1.29, 1.82) is 0 Å². The van der Waals surface area contributed by atoms with Crippen molar-refractivity contribution < 1.29 is 0 Å². The summed E-state index contributed by atoms with van der Waals surface area (Å²) < 4.78 is 1.69. The van der Waals surface area contributed by atoms with Gasteiger partial charge in [0.25, 0.3) is 0 Å². The fraction of sp³-hybridized carbons (Fsp3) is 0.476. The van der Waals surface area contributed by atoms with E-state index in [-0.39, 0.29) is 11.1 Å². The van der Waals surface area contributed by atoms with Gasteiger partial charge >= 0.3 is 0 Å². The van der Waals surface area contributed by atoms with Crippen molar-refractivity contribution in [1.82, 2.24) is 35.0 Å². The summed E-state index contributed by atoms with van der Waals surface area (Å²) in [6.07, 6.45) is 11.9. The molecule has 0 aromatic carbocycles. The molecule has 0 saturated carbocycles. The van der Waals surface area contributed by atoms with E-state index in [1.165, 1.54) is 12.8 Å². The summed E-state index contributed by atoms with van der Waals surface area (Å²) in [5, 5.41) is 9.96. The molecule has 3 atom stereocenters. The average molecular weight is 453 g/mol. The standard InChI is InChI=1S/C21H24N8S2/c1-20-5-6-21(2,27-20)10-13(9-20)28(3)19-26-18-17(31-19)25-16(30-18)14-11-23-15(12-22-14)29-8-4-7-24-29/h4,7-8,11-13,27H,5-6,9-10H2,1-3H3/t13?,20-,21+. The van der Waals surface area contributed by atoms with Gasteiger partial charge in [-0.15, -0.1) is 0 Å². The maximum absolute atomic E-state index is 4.93. The summed E-state index contributed by atoms with van der Waals surface area (Å²) in [6, 6.07) is 2.36. The Hall–Kier alpha value is -2.43. The first-order chi connectivity index (χ1) is 14.9. The Morgan fingerprint density at radius 3 is 2.48 bits per heavy atom. The lowest BCUT2D eigenvalue weighted by atomic mass is 9.84. The van der Waals surface area contributed by atoms with Crippen LogP contribution in [0.5, 0.6) is 0 Å². The van der Waals surface area contributed by atoms with Crippen LogP contribution in [0.1, 0.15) is 39.5 Å². The van der Waals surface area contributed by atoms with E-state index in [0.717, 1.165) is 38.3 Å². The molecular formula is C21H24N8S2. The highest BCUT2D eigenvalue weighted by Gasteiger charge is 2.49. The van der Waals surface area contributed by atoms with Crippen LogP contribution in [0.2, 0.25) is 0 Å². The second-order valence-electron chi connectivity index (χ2n) is 9.26. The first-order valence-electron chi connectivity index (χ1n) is 10.5. The zero-order valence-electron chi connectivity index (χ0n) is 17.7. The van der Waals surface area contributed by atoms with Crippen molar-refractivity contribution in [2.24, 2.45) is 0 Å². The summed E-state index contributed by atoms with van der Waals surface area (Å²) in [5.41, 5.74) is 1.25. The Morgan fingerprint density at radius 2 is 1.84 bits per heavy atom. The molecule has 2 fully saturated rings. The van der Waals surface area contributed by atoms with Gasteiger partial charge in [0.05, 0.1) is 12.4 Å². The molecule has 160 valence electrons. The van der Waals surface area contributed by atoms with Gasteiger partial charge in [-0.2, -0.15) is 5.10 Å². The Kier molecular flexibility index (Phi) is 4.22. The van der Waals surface area contributed by atoms with Crippen molar-refractivity contribution in [3.05, 3.63) is 30.9 Å². The molecule has 0 aliphatic carbocycles. The smallest absolute Gasteiger partial charge is 0.188 e. The number of rotatable bonds is 4. The van der Waals surface area contributed by atoms with Crippen LogP contribution in [0.4, 0.5) is 5.13 Å². The SMILES string of the molecule is CN(c1nc2sc(-c3cnc(-n4cccn4)cn3)nc2s1)C1C[C@]2(C)CC[C@](C)(C1)N2. The Labute approximate surface area is 188 Å². The molecule has 8 nitrogen and oxygen atoms in total. The number of thiazole rings is 2. The quantitative estimate of drug-likeness (QED) is 0.503. The summed E-state index contributed by atoms with van der Waals surface area (Å²) in [6.45, 7) is 4.73. The zero-order valence-corrected chi connectivity index (χ0v) is 19.4. The zero-order chi connectivity index (χ0) is 21.2. The molecule has 4 aromatic rings. The lowest BCUT2D eigenvalue weighted by Crippen LogP contribution is -2.58.